The van der Waals surface area contributed by atoms with Gasteiger partial charge >= 0.3 is 0 Å². The molecule has 0 aliphatic heterocycles. The maximum absolute atomic E-state index is 5.38. The molecule has 3 heteroatoms. The summed E-state index contributed by atoms with van der Waals surface area (Å²) in [4.78, 5) is 2.23. The van der Waals surface area contributed by atoms with Gasteiger partial charge in [-0.05, 0) is 19.9 Å². The number of hydrogen-bond acceptors (Lipinski definition) is 3. The minimum Gasteiger partial charge on any atom is -0.355 e. The lowest BCUT2D eigenvalue weighted by atomic mass is 10.2. The molecular weight excluding hydrogens is 166 g/mol. The molecule has 0 bridgehead atoms. The molecule has 0 aromatic rings. The summed E-state index contributed by atoms with van der Waals surface area (Å²) in [5, 5.41) is 0. The van der Waals surface area contributed by atoms with Crippen LogP contribution in [0, 0.1) is 5.92 Å². The van der Waals surface area contributed by atoms with Crippen LogP contribution in [-0.4, -0.2) is 45.0 Å². The highest BCUT2D eigenvalue weighted by Crippen LogP contribution is 2.00. The van der Waals surface area contributed by atoms with E-state index in [2.05, 4.69) is 25.8 Å². The van der Waals surface area contributed by atoms with E-state index in [-0.39, 0.29) is 6.29 Å². The third kappa shape index (κ3) is 6.99. The Bertz CT molecular complexity index is 117. The van der Waals surface area contributed by atoms with Crippen molar-refractivity contribution in [2.45, 2.75) is 27.1 Å². The van der Waals surface area contributed by atoms with Crippen molar-refractivity contribution in [2.75, 3.05) is 33.9 Å². The normalized spacial score (nSPS) is 14.1. The van der Waals surface area contributed by atoms with Crippen molar-refractivity contribution in [3.05, 3.63) is 0 Å². The Labute approximate surface area is 82.0 Å². The Hall–Kier alpha value is -0.120. The lowest BCUT2D eigenvalue weighted by molar-refractivity contribution is -0.130. The molecular formula is C10H23NO2. The van der Waals surface area contributed by atoms with E-state index in [1.807, 2.05) is 6.92 Å². The van der Waals surface area contributed by atoms with Crippen LogP contribution in [0.5, 0.6) is 0 Å². The summed E-state index contributed by atoms with van der Waals surface area (Å²) in [6.07, 6.45) is -0.0891. The molecule has 0 aliphatic carbocycles. The Morgan fingerprint density at radius 3 is 2.23 bits per heavy atom. The van der Waals surface area contributed by atoms with Crippen molar-refractivity contribution < 1.29 is 9.47 Å². The molecule has 0 aliphatic rings. The molecule has 1 unspecified atom stereocenters. The Balaban J connectivity index is 3.65. The summed E-state index contributed by atoms with van der Waals surface area (Å²) in [6, 6.07) is 0. The average Bonchev–Trinajstić information content (AvgIpc) is 2.02. The maximum Gasteiger partial charge on any atom is 0.169 e. The molecule has 0 rings (SSSR count). The fourth-order valence-electron chi connectivity index (χ4n) is 1.33. The Morgan fingerprint density at radius 2 is 1.85 bits per heavy atom. The van der Waals surface area contributed by atoms with Gasteiger partial charge in [0.05, 0.1) is 0 Å². The third-order valence-electron chi connectivity index (χ3n) is 1.75. The van der Waals surface area contributed by atoms with E-state index in [0.717, 1.165) is 13.1 Å². The molecule has 3 nitrogen and oxygen atoms in total. The van der Waals surface area contributed by atoms with Gasteiger partial charge < -0.3 is 14.4 Å². The molecule has 0 spiro atoms. The van der Waals surface area contributed by atoms with Gasteiger partial charge in [0, 0.05) is 26.8 Å². The number of methoxy groups -OCH3 is 1. The molecule has 0 saturated carbocycles. The molecule has 0 fully saturated rings. The smallest absolute Gasteiger partial charge is 0.169 e. The zero-order valence-corrected chi connectivity index (χ0v) is 9.54. The van der Waals surface area contributed by atoms with Crippen molar-refractivity contribution in [1.29, 1.82) is 0 Å². The highest BCUT2D eigenvalue weighted by Gasteiger charge is 2.10. The van der Waals surface area contributed by atoms with Gasteiger partial charge in [-0.2, -0.15) is 0 Å². The number of ether oxygens (including phenoxy) is 2. The first-order chi connectivity index (χ1) is 6.10. The fraction of sp³-hybridized carbons (Fsp3) is 1.00. The van der Waals surface area contributed by atoms with Crippen molar-refractivity contribution in [3.63, 3.8) is 0 Å². The summed E-state index contributed by atoms with van der Waals surface area (Å²) < 4.78 is 10.6. The van der Waals surface area contributed by atoms with Gasteiger partial charge in [0.25, 0.3) is 0 Å². The van der Waals surface area contributed by atoms with Crippen LogP contribution in [0.4, 0.5) is 0 Å². The first kappa shape index (κ1) is 12.9. The molecule has 80 valence electrons. The summed E-state index contributed by atoms with van der Waals surface area (Å²) in [7, 11) is 3.77. The quantitative estimate of drug-likeness (QED) is 0.568. The van der Waals surface area contributed by atoms with Gasteiger partial charge in [-0.1, -0.05) is 13.8 Å². The molecule has 0 aromatic carbocycles. The van der Waals surface area contributed by atoms with Crippen molar-refractivity contribution in [1.82, 2.24) is 4.90 Å². The second-order valence-corrected chi connectivity index (χ2v) is 3.74. The molecule has 0 amide bonds. The molecule has 0 N–H and O–H groups in total. The molecule has 0 aromatic heterocycles. The van der Waals surface area contributed by atoms with E-state index in [0.29, 0.717) is 12.5 Å². The lowest BCUT2D eigenvalue weighted by Crippen LogP contribution is -2.34. The largest absolute Gasteiger partial charge is 0.355 e. The highest BCUT2D eigenvalue weighted by atomic mass is 16.7. The molecule has 0 heterocycles. The van der Waals surface area contributed by atoms with E-state index in [4.69, 9.17) is 9.47 Å². The van der Waals surface area contributed by atoms with E-state index in [1.165, 1.54) is 0 Å². The van der Waals surface area contributed by atoms with Crippen molar-refractivity contribution >= 4 is 0 Å². The summed E-state index contributed by atoms with van der Waals surface area (Å²) in [5.74, 6) is 0.684. The van der Waals surface area contributed by atoms with Crippen molar-refractivity contribution in [2.24, 2.45) is 5.92 Å². The zero-order valence-electron chi connectivity index (χ0n) is 9.54. The topological polar surface area (TPSA) is 21.7 Å². The van der Waals surface area contributed by atoms with Crippen LogP contribution in [0.3, 0.4) is 0 Å². The second-order valence-electron chi connectivity index (χ2n) is 3.74. The van der Waals surface area contributed by atoms with Gasteiger partial charge in [0.2, 0.25) is 0 Å². The Kier molecular flexibility index (Phi) is 7.23. The average molecular weight is 189 g/mol. The van der Waals surface area contributed by atoms with Gasteiger partial charge in [-0.25, -0.2) is 0 Å². The van der Waals surface area contributed by atoms with Crippen LogP contribution < -0.4 is 0 Å². The lowest BCUT2D eigenvalue weighted by Gasteiger charge is -2.24. The van der Waals surface area contributed by atoms with E-state index in [9.17, 15) is 0 Å². The van der Waals surface area contributed by atoms with Crippen LogP contribution in [0.25, 0.3) is 0 Å². The van der Waals surface area contributed by atoms with Crippen molar-refractivity contribution in [3.8, 4) is 0 Å². The monoisotopic (exact) mass is 189 g/mol. The number of rotatable bonds is 7. The summed E-state index contributed by atoms with van der Waals surface area (Å²) in [5.41, 5.74) is 0. The first-order valence-electron chi connectivity index (χ1n) is 4.93. The molecule has 0 radical (unpaired) electrons. The van der Waals surface area contributed by atoms with Gasteiger partial charge in [0.15, 0.2) is 6.29 Å². The maximum atomic E-state index is 5.38. The Morgan fingerprint density at radius 1 is 1.23 bits per heavy atom. The molecule has 1 atom stereocenters. The van der Waals surface area contributed by atoms with Gasteiger partial charge in [-0.3, -0.25) is 0 Å². The SMILES string of the molecule is CCOC(CN(C)CC(C)C)OC. The number of nitrogens with zero attached hydrogens (tertiary/aromatic N) is 1. The minimum atomic E-state index is -0.0891. The standard InChI is InChI=1S/C10H23NO2/c1-6-13-10(12-5)8-11(4)7-9(2)3/h9-10H,6-8H2,1-5H3. The number of likely N-dealkylation sites (N-methyl/N-ethyl adjacent to an activating group) is 1. The van der Waals surface area contributed by atoms with Gasteiger partial charge in [0.1, 0.15) is 0 Å². The van der Waals surface area contributed by atoms with Crippen LogP contribution in [0.2, 0.25) is 0 Å². The summed E-state index contributed by atoms with van der Waals surface area (Å²) in [6.45, 7) is 9.01. The molecule has 13 heavy (non-hydrogen) atoms. The minimum absolute atomic E-state index is 0.0891. The number of hydrogen-bond donors (Lipinski definition) is 0. The summed E-state index contributed by atoms with van der Waals surface area (Å²) >= 11 is 0. The first-order valence-corrected chi connectivity index (χ1v) is 4.93. The highest BCUT2D eigenvalue weighted by molar-refractivity contribution is 4.57. The van der Waals surface area contributed by atoms with Crippen LogP contribution in [-0.2, 0) is 9.47 Å². The third-order valence-corrected chi connectivity index (χ3v) is 1.75. The van der Waals surface area contributed by atoms with Crippen LogP contribution >= 0.6 is 0 Å². The molecule has 0 saturated heterocycles. The van der Waals surface area contributed by atoms with E-state index < -0.39 is 0 Å². The predicted octanol–water partition coefficient (Wildman–Crippen LogP) is 1.58. The zero-order chi connectivity index (χ0) is 10.3. The van der Waals surface area contributed by atoms with Crippen LogP contribution in [0.1, 0.15) is 20.8 Å². The van der Waals surface area contributed by atoms with Gasteiger partial charge in [-0.15, -0.1) is 0 Å². The van der Waals surface area contributed by atoms with E-state index in [1.54, 1.807) is 7.11 Å². The van der Waals surface area contributed by atoms with Crippen LogP contribution in [0.15, 0.2) is 0 Å². The van der Waals surface area contributed by atoms with E-state index >= 15 is 0 Å². The second kappa shape index (κ2) is 7.30. The predicted molar refractivity (Wildman–Crippen MR) is 54.8 cm³/mol. The fourth-order valence-corrected chi connectivity index (χ4v) is 1.33.